The van der Waals surface area contributed by atoms with E-state index in [0.717, 1.165) is 13.1 Å². The fourth-order valence-corrected chi connectivity index (χ4v) is 3.25. The molecule has 0 amide bonds. The molecular weight excluding hydrogens is 278 g/mol. The number of benzene rings is 2. The molecule has 1 atom stereocenters. The van der Waals surface area contributed by atoms with Gasteiger partial charge >= 0.3 is 0 Å². The third kappa shape index (κ3) is 6.19. The molecule has 23 heavy (non-hydrogen) atoms. The van der Waals surface area contributed by atoms with Crippen molar-refractivity contribution in [2.24, 2.45) is 0 Å². The summed E-state index contributed by atoms with van der Waals surface area (Å²) in [5.41, 5.74) is 2.96. The van der Waals surface area contributed by atoms with Crippen molar-refractivity contribution in [3.63, 3.8) is 0 Å². The first-order chi connectivity index (χ1) is 11.3. The first-order valence-corrected chi connectivity index (χ1v) is 9.14. The molecular formula is C22H31N. The summed E-state index contributed by atoms with van der Waals surface area (Å²) in [6, 6.07) is 21.9. The second-order valence-electron chi connectivity index (χ2n) is 6.32. The molecule has 0 aliphatic rings. The maximum atomic E-state index is 2.55. The Hall–Kier alpha value is -1.60. The van der Waals surface area contributed by atoms with Crippen molar-refractivity contribution in [3.8, 4) is 0 Å². The predicted molar refractivity (Wildman–Crippen MR) is 101 cm³/mol. The van der Waals surface area contributed by atoms with Gasteiger partial charge in [0.1, 0.15) is 0 Å². The third-order valence-electron chi connectivity index (χ3n) is 4.75. The number of nitrogens with zero attached hydrogens (tertiary/aromatic N) is 1. The molecule has 0 bridgehead atoms. The molecule has 124 valence electrons. The standard InChI is InChI=1S/C22H31N/c1-3-23(4-2)19-22(21-16-9-6-10-17-21)18-12-11-15-20-13-7-5-8-14-20/h5-10,13-14,16-17,22H,3-4,11-12,15,18-19H2,1-2H3. The van der Waals surface area contributed by atoms with E-state index in [9.17, 15) is 0 Å². The Kier molecular flexibility index (Phi) is 7.89. The molecule has 0 spiro atoms. The number of aryl methyl sites for hydroxylation is 1. The topological polar surface area (TPSA) is 3.24 Å². The Balaban J connectivity index is 1.87. The molecule has 1 nitrogen and oxygen atoms in total. The van der Waals surface area contributed by atoms with Crippen molar-refractivity contribution in [2.75, 3.05) is 19.6 Å². The number of hydrogen-bond acceptors (Lipinski definition) is 1. The summed E-state index contributed by atoms with van der Waals surface area (Å²) in [5.74, 6) is 0.659. The summed E-state index contributed by atoms with van der Waals surface area (Å²) in [7, 11) is 0. The van der Waals surface area contributed by atoms with E-state index in [1.807, 2.05) is 0 Å². The van der Waals surface area contributed by atoms with Crippen molar-refractivity contribution < 1.29 is 0 Å². The highest BCUT2D eigenvalue weighted by molar-refractivity contribution is 5.20. The van der Waals surface area contributed by atoms with E-state index < -0.39 is 0 Å². The molecule has 2 aromatic carbocycles. The molecule has 0 radical (unpaired) electrons. The molecule has 0 fully saturated rings. The zero-order chi connectivity index (χ0) is 16.3. The van der Waals surface area contributed by atoms with Gasteiger partial charge in [-0.1, -0.05) is 80.9 Å². The van der Waals surface area contributed by atoms with Gasteiger partial charge in [0.25, 0.3) is 0 Å². The number of likely N-dealkylation sites (N-methyl/N-ethyl adjacent to an activating group) is 1. The number of unbranched alkanes of at least 4 members (excludes halogenated alkanes) is 1. The van der Waals surface area contributed by atoms with Gasteiger partial charge < -0.3 is 4.90 Å². The van der Waals surface area contributed by atoms with Crippen LogP contribution < -0.4 is 0 Å². The van der Waals surface area contributed by atoms with Crippen molar-refractivity contribution in [1.82, 2.24) is 4.90 Å². The molecule has 0 aromatic heterocycles. The molecule has 1 heteroatoms. The monoisotopic (exact) mass is 309 g/mol. The molecule has 0 saturated heterocycles. The molecule has 0 saturated carbocycles. The van der Waals surface area contributed by atoms with Crippen LogP contribution in [0.4, 0.5) is 0 Å². The lowest BCUT2D eigenvalue weighted by atomic mass is 9.92. The van der Waals surface area contributed by atoms with Crippen molar-refractivity contribution >= 4 is 0 Å². The van der Waals surface area contributed by atoms with Crippen molar-refractivity contribution in [3.05, 3.63) is 71.8 Å². The van der Waals surface area contributed by atoms with E-state index in [1.54, 1.807) is 0 Å². The van der Waals surface area contributed by atoms with E-state index in [0.29, 0.717) is 5.92 Å². The number of rotatable bonds is 10. The Morgan fingerprint density at radius 1 is 0.783 bits per heavy atom. The lowest BCUT2D eigenvalue weighted by Gasteiger charge is -2.26. The van der Waals surface area contributed by atoms with Crippen LogP contribution in [-0.4, -0.2) is 24.5 Å². The smallest absolute Gasteiger partial charge is 0.00500 e. The van der Waals surface area contributed by atoms with Gasteiger partial charge in [-0.05, 0) is 49.4 Å². The van der Waals surface area contributed by atoms with Crippen molar-refractivity contribution in [2.45, 2.75) is 45.4 Å². The van der Waals surface area contributed by atoms with Crippen LogP contribution in [0.5, 0.6) is 0 Å². The SMILES string of the molecule is CCN(CC)CC(CCCCc1ccccc1)c1ccccc1. The fourth-order valence-electron chi connectivity index (χ4n) is 3.25. The second kappa shape index (κ2) is 10.2. The molecule has 2 aromatic rings. The van der Waals surface area contributed by atoms with Gasteiger partial charge in [-0.2, -0.15) is 0 Å². The summed E-state index contributed by atoms with van der Waals surface area (Å²) in [6.45, 7) is 8.00. The highest BCUT2D eigenvalue weighted by Crippen LogP contribution is 2.24. The van der Waals surface area contributed by atoms with Gasteiger partial charge in [-0.3, -0.25) is 0 Å². The van der Waals surface area contributed by atoms with Gasteiger partial charge in [0.15, 0.2) is 0 Å². The maximum Gasteiger partial charge on any atom is 0.00500 e. The van der Waals surface area contributed by atoms with Crippen molar-refractivity contribution in [1.29, 1.82) is 0 Å². The van der Waals surface area contributed by atoms with E-state index >= 15 is 0 Å². The van der Waals surface area contributed by atoms with Gasteiger partial charge in [-0.15, -0.1) is 0 Å². The quantitative estimate of drug-likeness (QED) is 0.522. The van der Waals surface area contributed by atoms with E-state index in [2.05, 4.69) is 79.4 Å². The highest BCUT2D eigenvalue weighted by Gasteiger charge is 2.14. The highest BCUT2D eigenvalue weighted by atomic mass is 15.1. The summed E-state index contributed by atoms with van der Waals surface area (Å²) < 4.78 is 0. The Morgan fingerprint density at radius 2 is 1.39 bits per heavy atom. The predicted octanol–water partition coefficient (Wildman–Crippen LogP) is 5.53. The summed E-state index contributed by atoms with van der Waals surface area (Å²) in [4.78, 5) is 2.55. The number of hydrogen-bond donors (Lipinski definition) is 0. The van der Waals surface area contributed by atoms with E-state index in [1.165, 1.54) is 43.4 Å². The van der Waals surface area contributed by atoms with Crippen LogP contribution in [-0.2, 0) is 6.42 Å². The second-order valence-corrected chi connectivity index (χ2v) is 6.32. The summed E-state index contributed by atoms with van der Waals surface area (Å²) in [6.07, 6.45) is 5.07. The van der Waals surface area contributed by atoms with Crippen LogP contribution in [0.15, 0.2) is 60.7 Å². The normalized spacial score (nSPS) is 12.5. The van der Waals surface area contributed by atoms with E-state index in [-0.39, 0.29) is 0 Å². The Morgan fingerprint density at radius 3 is 2.00 bits per heavy atom. The Labute approximate surface area is 142 Å². The minimum absolute atomic E-state index is 0.659. The Bertz CT molecular complexity index is 516. The average molecular weight is 309 g/mol. The maximum absolute atomic E-state index is 2.55. The molecule has 0 N–H and O–H groups in total. The first-order valence-electron chi connectivity index (χ1n) is 9.14. The van der Waals surface area contributed by atoms with Crippen LogP contribution in [0, 0.1) is 0 Å². The molecule has 0 aliphatic carbocycles. The fraction of sp³-hybridized carbons (Fsp3) is 0.455. The first kappa shape index (κ1) is 17.7. The lowest BCUT2D eigenvalue weighted by Crippen LogP contribution is -2.28. The van der Waals surface area contributed by atoms with Gasteiger partial charge in [0.05, 0.1) is 0 Å². The minimum atomic E-state index is 0.659. The zero-order valence-corrected chi connectivity index (χ0v) is 14.7. The van der Waals surface area contributed by atoms with Gasteiger partial charge in [0.2, 0.25) is 0 Å². The van der Waals surface area contributed by atoms with Crippen LogP contribution in [0.2, 0.25) is 0 Å². The average Bonchev–Trinajstić information content (AvgIpc) is 2.63. The lowest BCUT2D eigenvalue weighted by molar-refractivity contribution is 0.275. The van der Waals surface area contributed by atoms with Crippen LogP contribution in [0.1, 0.15) is 50.2 Å². The van der Waals surface area contributed by atoms with Gasteiger partial charge in [-0.25, -0.2) is 0 Å². The summed E-state index contributed by atoms with van der Waals surface area (Å²) >= 11 is 0. The minimum Gasteiger partial charge on any atom is -0.303 e. The van der Waals surface area contributed by atoms with Crippen LogP contribution in [0.3, 0.4) is 0 Å². The van der Waals surface area contributed by atoms with Crippen LogP contribution in [0.25, 0.3) is 0 Å². The molecule has 1 unspecified atom stereocenters. The van der Waals surface area contributed by atoms with Crippen LogP contribution >= 0.6 is 0 Å². The largest absolute Gasteiger partial charge is 0.303 e. The summed E-state index contributed by atoms with van der Waals surface area (Å²) in [5, 5.41) is 0. The van der Waals surface area contributed by atoms with Gasteiger partial charge in [0, 0.05) is 6.54 Å². The molecule has 2 rings (SSSR count). The third-order valence-corrected chi connectivity index (χ3v) is 4.75. The molecule has 0 aliphatic heterocycles. The molecule has 0 heterocycles. The van der Waals surface area contributed by atoms with E-state index in [4.69, 9.17) is 0 Å². The zero-order valence-electron chi connectivity index (χ0n) is 14.7.